The number of nitrogens with zero attached hydrogens (tertiary/aromatic N) is 2. The minimum atomic E-state index is -1.06. The molecule has 1 aromatic heterocycles. The van der Waals surface area contributed by atoms with Crippen LogP contribution >= 0.6 is 11.3 Å². The van der Waals surface area contributed by atoms with Crippen LogP contribution in [-0.2, 0) is 9.59 Å². The molecule has 5 rings (SSSR count). The van der Waals surface area contributed by atoms with Crippen LogP contribution in [0.3, 0.4) is 0 Å². The summed E-state index contributed by atoms with van der Waals surface area (Å²) in [6, 6.07) is 8.89. The summed E-state index contributed by atoms with van der Waals surface area (Å²) in [6.07, 6.45) is 0.797. The number of anilines is 1. The number of ether oxygens (including phenoxy) is 4. The third kappa shape index (κ3) is 5.24. The predicted octanol–water partition coefficient (Wildman–Crippen LogP) is 5.24. The zero-order valence-electron chi connectivity index (χ0n) is 23.2. The molecule has 0 aliphatic carbocycles. The topological polar surface area (TPSA) is 124 Å². The van der Waals surface area contributed by atoms with Gasteiger partial charge in [-0.15, -0.1) is 0 Å². The van der Waals surface area contributed by atoms with E-state index in [0.29, 0.717) is 65.6 Å². The van der Waals surface area contributed by atoms with Crippen molar-refractivity contribution in [3.63, 3.8) is 0 Å². The fourth-order valence-corrected chi connectivity index (χ4v) is 5.79. The van der Waals surface area contributed by atoms with E-state index in [1.807, 2.05) is 13.8 Å². The van der Waals surface area contributed by atoms with Gasteiger partial charge >= 0.3 is 5.91 Å². The van der Waals surface area contributed by atoms with Crippen molar-refractivity contribution in [2.45, 2.75) is 40.2 Å². The molecule has 0 bridgehead atoms. The molecule has 214 valence electrons. The molecule has 0 spiro atoms. The monoisotopic (exact) mass is 578 g/mol. The first-order valence-electron chi connectivity index (χ1n) is 13.3. The average molecular weight is 579 g/mol. The molecule has 2 aromatic carbocycles. The maximum atomic E-state index is 13.6. The van der Waals surface area contributed by atoms with E-state index < -0.39 is 17.7 Å². The van der Waals surface area contributed by atoms with Gasteiger partial charge in [0.1, 0.15) is 19.0 Å². The van der Waals surface area contributed by atoms with E-state index in [0.717, 1.165) is 17.8 Å². The number of ketones is 2. The van der Waals surface area contributed by atoms with Gasteiger partial charge in [-0.2, -0.15) is 0 Å². The first-order chi connectivity index (χ1) is 19.7. The Morgan fingerprint density at radius 2 is 1.83 bits per heavy atom. The van der Waals surface area contributed by atoms with Crippen molar-refractivity contribution in [1.29, 1.82) is 0 Å². The van der Waals surface area contributed by atoms with Crippen molar-refractivity contribution < 1.29 is 38.4 Å². The summed E-state index contributed by atoms with van der Waals surface area (Å²) < 4.78 is 22.9. The number of aryl methyl sites for hydroxylation is 1. The lowest BCUT2D eigenvalue weighted by Gasteiger charge is -2.24. The van der Waals surface area contributed by atoms with Gasteiger partial charge in [-0.05, 0) is 56.2 Å². The summed E-state index contributed by atoms with van der Waals surface area (Å²) in [5, 5.41) is 11.7. The number of Topliss-reactive ketones (excluding diaryl/α,β-unsaturated/α-hetero) is 2. The van der Waals surface area contributed by atoms with Gasteiger partial charge < -0.3 is 24.1 Å². The number of fused-ring (bicyclic) bond motifs is 1. The van der Waals surface area contributed by atoms with Gasteiger partial charge in [0.2, 0.25) is 0 Å². The first kappa shape index (κ1) is 28.2. The van der Waals surface area contributed by atoms with E-state index in [-0.39, 0.29) is 27.8 Å². The summed E-state index contributed by atoms with van der Waals surface area (Å²) in [4.78, 5) is 45.5. The highest BCUT2D eigenvalue weighted by Gasteiger charge is 2.48. The zero-order valence-corrected chi connectivity index (χ0v) is 24.0. The van der Waals surface area contributed by atoms with Crippen LogP contribution < -0.4 is 23.8 Å². The van der Waals surface area contributed by atoms with Gasteiger partial charge in [-0.1, -0.05) is 24.3 Å². The summed E-state index contributed by atoms with van der Waals surface area (Å²) in [6.45, 7) is 8.50. The number of amides is 1. The predicted molar refractivity (Wildman–Crippen MR) is 152 cm³/mol. The molecule has 1 N–H and O–H groups in total. The molecule has 1 saturated heterocycles. The number of hydrogen-bond donors (Lipinski definition) is 1. The van der Waals surface area contributed by atoms with Crippen LogP contribution in [0.1, 0.15) is 59.7 Å². The molecule has 10 nitrogen and oxygen atoms in total. The summed E-state index contributed by atoms with van der Waals surface area (Å²) in [5.41, 5.74) is 1.09. The minimum Gasteiger partial charge on any atom is -0.507 e. The number of rotatable bonds is 9. The summed E-state index contributed by atoms with van der Waals surface area (Å²) >= 11 is 1.02. The molecule has 11 heteroatoms. The van der Waals surface area contributed by atoms with Crippen molar-refractivity contribution in [3.8, 4) is 23.0 Å². The molecule has 0 radical (unpaired) electrons. The Morgan fingerprint density at radius 1 is 1.07 bits per heavy atom. The highest BCUT2D eigenvalue weighted by atomic mass is 32.1. The third-order valence-corrected chi connectivity index (χ3v) is 7.87. The molecule has 3 heterocycles. The van der Waals surface area contributed by atoms with Crippen molar-refractivity contribution in [1.82, 2.24) is 4.98 Å². The van der Waals surface area contributed by atoms with E-state index in [9.17, 15) is 19.5 Å². The van der Waals surface area contributed by atoms with Gasteiger partial charge in [0, 0.05) is 12.5 Å². The normalized spacial score (nSPS) is 17.6. The number of thiazole rings is 1. The Kier molecular flexibility index (Phi) is 7.98. The lowest BCUT2D eigenvalue weighted by Crippen LogP contribution is -2.29. The van der Waals surface area contributed by atoms with Gasteiger partial charge in [-0.25, -0.2) is 4.98 Å². The maximum Gasteiger partial charge on any atom is 0.301 e. The smallest absolute Gasteiger partial charge is 0.301 e. The highest BCUT2D eigenvalue weighted by Crippen LogP contribution is 2.46. The molecule has 1 amide bonds. The molecule has 2 aliphatic heterocycles. The largest absolute Gasteiger partial charge is 0.507 e. The SMILES string of the molecule is CCCOc1ccc([C@H]2C(=C(O)c3ccc4c(c3)OCCO4)C(=O)C(=O)N2c2nc(C)c(C(C)=O)s2)cc1OCC. The van der Waals surface area contributed by atoms with E-state index in [2.05, 4.69) is 4.98 Å². The van der Waals surface area contributed by atoms with Crippen LogP contribution in [0.25, 0.3) is 5.76 Å². The molecule has 1 atom stereocenters. The molecular formula is C30H30N2O8S. The van der Waals surface area contributed by atoms with Crippen LogP contribution in [0.2, 0.25) is 0 Å². The highest BCUT2D eigenvalue weighted by molar-refractivity contribution is 7.18. The van der Waals surface area contributed by atoms with Crippen molar-refractivity contribution in [2.24, 2.45) is 0 Å². The van der Waals surface area contributed by atoms with Gasteiger partial charge in [0.15, 0.2) is 33.9 Å². The molecule has 3 aromatic rings. The quantitative estimate of drug-likeness (QED) is 0.157. The second-order valence-electron chi connectivity index (χ2n) is 9.48. The standard InChI is InChI=1S/C30H30N2O8S/c1-5-11-38-20-9-7-18(14-22(20)37-6-2)25-24(26(34)19-8-10-21-23(15-19)40-13-12-39-21)27(35)29(36)32(25)30-31-16(3)28(41-30)17(4)33/h7-10,14-15,25,34H,5-6,11-13H2,1-4H3/t25-/m0/s1. The fraction of sp³-hybridized carbons (Fsp3) is 0.333. The lowest BCUT2D eigenvalue weighted by molar-refractivity contribution is -0.132. The number of benzene rings is 2. The number of aliphatic hydroxyl groups is 1. The lowest BCUT2D eigenvalue weighted by atomic mass is 9.95. The molecular weight excluding hydrogens is 548 g/mol. The Morgan fingerprint density at radius 3 is 2.51 bits per heavy atom. The van der Waals surface area contributed by atoms with E-state index in [4.69, 9.17) is 18.9 Å². The molecule has 2 aliphatic rings. The van der Waals surface area contributed by atoms with Crippen molar-refractivity contribution in [3.05, 3.63) is 63.7 Å². The Bertz CT molecular complexity index is 1560. The van der Waals surface area contributed by atoms with Crippen LogP contribution in [0.5, 0.6) is 23.0 Å². The van der Waals surface area contributed by atoms with Gasteiger partial charge in [0.25, 0.3) is 5.78 Å². The number of aromatic nitrogens is 1. The van der Waals surface area contributed by atoms with E-state index >= 15 is 0 Å². The number of aliphatic hydroxyl groups excluding tert-OH is 1. The van der Waals surface area contributed by atoms with Crippen molar-refractivity contribution in [2.75, 3.05) is 31.3 Å². The minimum absolute atomic E-state index is 0.131. The molecule has 0 saturated carbocycles. The van der Waals surface area contributed by atoms with Gasteiger partial charge in [-0.3, -0.25) is 19.3 Å². The Hall–Kier alpha value is -4.38. The summed E-state index contributed by atoms with van der Waals surface area (Å²) in [7, 11) is 0. The molecule has 41 heavy (non-hydrogen) atoms. The second-order valence-corrected chi connectivity index (χ2v) is 10.5. The number of carbonyl (C=O) groups excluding carboxylic acids is 3. The average Bonchev–Trinajstić information content (AvgIpc) is 3.48. The molecule has 1 fully saturated rings. The first-order valence-corrected chi connectivity index (χ1v) is 14.2. The number of carbonyl (C=O) groups is 3. The van der Waals surface area contributed by atoms with Crippen LogP contribution in [-0.4, -0.2) is 54.0 Å². The third-order valence-electron chi connectivity index (χ3n) is 6.62. The van der Waals surface area contributed by atoms with E-state index in [1.54, 1.807) is 43.3 Å². The number of hydrogen-bond acceptors (Lipinski definition) is 10. The van der Waals surface area contributed by atoms with Crippen molar-refractivity contribution >= 4 is 39.7 Å². The molecule has 0 unspecified atom stereocenters. The zero-order chi connectivity index (χ0) is 29.3. The van der Waals surface area contributed by atoms with E-state index in [1.165, 1.54) is 11.8 Å². The Labute approximate surface area is 241 Å². The van der Waals surface area contributed by atoms with Crippen LogP contribution in [0, 0.1) is 6.92 Å². The van der Waals surface area contributed by atoms with Crippen LogP contribution in [0.15, 0.2) is 42.0 Å². The summed E-state index contributed by atoms with van der Waals surface area (Å²) in [5.74, 6) is -0.448. The maximum absolute atomic E-state index is 13.6. The van der Waals surface area contributed by atoms with Crippen LogP contribution in [0.4, 0.5) is 5.13 Å². The fourth-order valence-electron chi connectivity index (χ4n) is 4.80. The Balaban J connectivity index is 1.70. The second kappa shape index (κ2) is 11.6. The van der Waals surface area contributed by atoms with Gasteiger partial charge in [0.05, 0.1) is 35.4 Å².